The molecule has 0 aromatic carbocycles. The van der Waals surface area contributed by atoms with E-state index in [1.54, 1.807) is 0 Å². The van der Waals surface area contributed by atoms with Crippen molar-refractivity contribution >= 4 is 11.9 Å². The summed E-state index contributed by atoms with van der Waals surface area (Å²) in [6.45, 7) is 2.77. The standard InChI is InChI=1S/C23H44O6/c1-3-4-5-6-7-8-9-10-11-12-13-14-15-16-17-23(28,18-21(26)19-24)22(27)29-20(2)25/h21,24,26,28H,3-19H2,1-2H3. The quantitative estimate of drug-likeness (QED) is 0.164. The first-order valence-corrected chi connectivity index (χ1v) is 11.6. The first-order chi connectivity index (χ1) is 13.9. The van der Waals surface area contributed by atoms with E-state index < -0.39 is 30.3 Å². The van der Waals surface area contributed by atoms with E-state index in [4.69, 9.17) is 5.11 Å². The fourth-order valence-corrected chi connectivity index (χ4v) is 3.58. The maximum absolute atomic E-state index is 12.0. The number of carbonyl (C=O) groups excluding carboxylic acids is 2. The van der Waals surface area contributed by atoms with Gasteiger partial charge in [0, 0.05) is 13.3 Å². The lowest BCUT2D eigenvalue weighted by Crippen LogP contribution is -2.44. The van der Waals surface area contributed by atoms with Crippen LogP contribution in [0.15, 0.2) is 0 Å². The summed E-state index contributed by atoms with van der Waals surface area (Å²) in [5.74, 6) is -1.85. The molecule has 0 fully saturated rings. The summed E-state index contributed by atoms with van der Waals surface area (Å²) in [4.78, 5) is 23.0. The molecule has 0 aromatic heterocycles. The molecular weight excluding hydrogens is 372 g/mol. The van der Waals surface area contributed by atoms with Gasteiger partial charge in [-0.2, -0.15) is 0 Å². The highest BCUT2D eigenvalue weighted by atomic mass is 16.6. The van der Waals surface area contributed by atoms with Crippen molar-refractivity contribution in [3.05, 3.63) is 0 Å². The molecule has 0 saturated heterocycles. The number of aliphatic hydroxyl groups is 3. The van der Waals surface area contributed by atoms with Crippen LogP contribution in [0.1, 0.15) is 117 Å². The third-order valence-electron chi connectivity index (χ3n) is 5.34. The Balaban J connectivity index is 3.84. The summed E-state index contributed by atoms with van der Waals surface area (Å²) < 4.78 is 4.51. The predicted molar refractivity (Wildman–Crippen MR) is 114 cm³/mol. The third-order valence-corrected chi connectivity index (χ3v) is 5.34. The van der Waals surface area contributed by atoms with Gasteiger partial charge in [-0.15, -0.1) is 0 Å². The van der Waals surface area contributed by atoms with Crippen LogP contribution in [0.25, 0.3) is 0 Å². The van der Waals surface area contributed by atoms with Gasteiger partial charge in [-0.25, -0.2) is 4.79 Å². The summed E-state index contributed by atoms with van der Waals surface area (Å²) in [7, 11) is 0. The van der Waals surface area contributed by atoms with Gasteiger partial charge in [-0.1, -0.05) is 90.4 Å². The zero-order chi connectivity index (χ0) is 22.0. The largest absolute Gasteiger partial charge is 0.394 e. The van der Waals surface area contributed by atoms with Crippen molar-refractivity contribution in [3.63, 3.8) is 0 Å². The number of esters is 2. The summed E-state index contributed by atoms with van der Waals surface area (Å²) >= 11 is 0. The van der Waals surface area contributed by atoms with E-state index in [9.17, 15) is 19.8 Å². The Morgan fingerprint density at radius 1 is 0.828 bits per heavy atom. The lowest BCUT2D eigenvalue weighted by Gasteiger charge is -2.27. The van der Waals surface area contributed by atoms with Crippen molar-refractivity contribution in [2.24, 2.45) is 0 Å². The maximum atomic E-state index is 12.0. The van der Waals surface area contributed by atoms with Crippen LogP contribution in [-0.2, 0) is 14.3 Å². The molecule has 6 heteroatoms. The molecule has 0 aliphatic heterocycles. The van der Waals surface area contributed by atoms with E-state index in [-0.39, 0.29) is 12.8 Å². The van der Waals surface area contributed by atoms with Crippen molar-refractivity contribution in [1.29, 1.82) is 0 Å². The number of ether oxygens (including phenoxy) is 1. The van der Waals surface area contributed by atoms with Crippen LogP contribution in [0.2, 0.25) is 0 Å². The van der Waals surface area contributed by atoms with Gasteiger partial charge >= 0.3 is 11.9 Å². The van der Waals surface area contributed by atoms with Crippen LogP contribution in [0, 0.1) is 0 Å². The molecule has 2 unspecified atom stereocenters. The lowest BCUT2D eigenvalue weighted by atomic mass is 9.89. The molecule has 0 radical (unpaired) electrons. The number of carbonyl (C=O) groups is 2. The molecule has 0 aliphatic carbocycles. The average molecular weight is 417 g/mol. The van der Waals surface area contributed by atoms with Crippen LogP contribution in [0.4, 0.5) is 0 Å². The van der Waals surface area contributed by atoms with E-state index in [0.29, 0.717) is 6.42 Å². The van der Waals surface area contributed by atoms with Crippen LogP contribution in [0.5, 0.6) is 0 Å². The molecule has 0 bridgehead atoms. The first kappa shape index (κ1) is 28.0. The molecule has 172 valence electrons. The van der Waals surface area contributed by atoms with E-state index >= 15 is 0 Å². The van der Waals surface area contributed by atoms with E-state index in [1.807, 2.05) is 0 Å². The van der Waals surface area contributed by atoms with Crippen molar-refractivity contribution in [1.82, 2.24) is 0 Å². The van der Waals surface area contributed by atoms with Gasteiger partial charge in [0.25, 0.3) is 0 Å². The average Bonchev–Trinajstić information content (AvgIpc) is 2.67. The molecule has 6 nitrogen and oxygen atoms in total. The number of hydrogen-bond donors (Lipinski definition) is 3. The Kier molecular flexibility index (Phi) is 17.2. The van der Waals surface area contributed by atoms with E-state index in [1.165, 1.54) is 64.2 Å². The van der Waals surface area contributed by atoms with Crippen molar-refractivity contribution < 1.29 is 29.6 Å². The zero-order valence-corrected chi connectivity index (χ0v) is 18.7. The fraction of sp³-hybridized carbons (Fsp3) is 0.913. The predicted octanol–water partition coefficient (Wildman–Crippen LogP) is 4.42. The van der Waals surface area contributed by atoms with E-state index in [0.717, 1.165) is 26.2 Å². The molecule has 3 N–H and O–H groups in total. The van der Waals surface area contributed by atoms with Gasteiger partial charge in [0.1, 0.15) is 0 Å². The SMILES string of the molecule is CCCCCCCCCCCCCCCCC(O)(CC(O)CO)C(=O)OC(C)=O. The number of unbranched alkanes of at least 4 members (excludes halogenated alkanes) is 13. The molecular formula is C23H44O6. The molecule has 0 spiro atoms. The Bertz CT molecular complexity index is 426. The van der Waals surface area contributed by atoms with Crippen molar-refractivity contribution in [3.8, 4) is 0 Å². The minimum absolute atomic E-state index is 0.105. The van der Waals surface area contributed by atoms with Crippen LogP contribution in [-0.4, -0.2) is 45.6 Å². The molecule has 0 amide bonds. The number of aliphatic hydroxyl groups excluding tert-OH is 2. The summed E-state index contributed by atoms with van der Waals surface area (Å²) in [5.41, 5.74) is -1.94. The van der Waals surface area contributed by atoms with Gasteiger partial charge < -0.3 is 20.1 Å². The molecule has 2 atom stereocenters. The zero-order valence-electron chi connectivity index (χ0n) is 18.7. The topological polar surface area (TPSA) is 104 Å². The lowest BCUT2D eigenvalue weighted by molar-refractivity contribution is -0.176. The van der Waals surface area contributed by atoms with Crippen molar-refractivity contribution in [2.75, 3.05) is 6.61 Å². The Morgan fingerprint density at radius 2 is 1.24 bits per heavy atom. The molecule has 0 aliphatic rings. The number of rotatable bonds is 19. The molecule has 29 heavy (non-hydrogen) atoms. The second kappa shape index (κ2) is 17.8. The van der Waals surface area contributed by atoms with Gasteiger partial charge in [0.2, 0.25) is 0 Å². The van der Waals surface area contributed by atoms with Gasteiger partial charge in [0.15, 0.2) is 5.60 Å². The molecule has 0 heterocycles. The second-order valence-electron chi connectivity index (χ2n) is 8.30. The van der Waals surface area contributed by atoms with E-state index in [2.05, 4.69) is 11.7 Å². The van der Waals surface area contributed by atoms with Crippen LogP contribution >= 0.6 is 0 Å². The highest BCUT2D eigenvalue weighted by Gasteiger charge is 2.39. The summed E-state index contributed by atoms with van der Waals surface area (Å²) in [5, 5.41) is 29.1. The minimum Gasteiger partial charge on any atom is -0.394 e. The summed E-state index contributed by atoms with van der Waals surface area (Å²) in [6, 6.07) is 0. The Labute approximate surface area is 177 Å². The minimum atomic E-state index is -1.94. The monoisotopic (exact) mass is 416 g/mol. The van der Waals surface area contributed by atoms with Gasteiger partial charge in [0.05, 0.1) is 12.7 Å². The van der Waals surface area contributed by atoms with Crippen LogP contribution in [0.3, 0.4) is 0 Å². The molecule has 0 saturated carbocycles. The molecule has 0 aromatic rings. The third kappa shape index (κ3) is 15.5. The highest BCUT2D eigenvalue weighted by molar-refractivity contribution is 5.89. The highest BCUT2D eigenvalue weighted by Crippen LogP contribution is 2.24. The number of hydrogen-bond acceptors (Lipinski definition) is 6. The van der Waals surface area contributed by atoms with Gasteiger partial charge in [-0.3, -0.25) is 4.79 Å². The van der Waals surface area contributed by atoms with Gasteiger partial charge in [-0.05, 0) is 12.8 Å². The smallest absolute Gasteiger partial charge is 0.345 e. The Morgan fingerprint density at radius 3 is 1.62 bits per heavy atom. The van der Waals surface area contributed by atoms with Crippen molar-refractivity contribution in [2.45, 2.75) is 128 Å². The Hall–Kier alpha value is -0.980. The summed E-state index contributed by atoms with van der Waals surface area (Å²) in [6.07, 6.45) is 15.3. The van der Waals surface area contributed by atoms with Crippen LogP contribution < -0.4 is 0 Å². The molecule has 0 rings (SSSR count). The normalized spacial score (nSPS) is 14.4. The maximum Gasteiger partial charge on any atom is 0.345 e. The first-order valence-electron chi connectivity index (χ1n) is 11.6. The fourth-order valence-electron chi connectivity index (χ4n) is 3.58. The second-order valence-corrected chi connectivity index (χ2v) is 8.30.